The minimum absolute atomic E-state index is 0.107. The highest BCUT2D eigenvalue weighted by atomic mass is 32.2. The molecule has 0 heterocycles. The van der Waals surface area contributed by atoms with Crippen molar-refractivity contribution in [1.29, 1.82) is 0 Å². The summed E-state index contributed by atoms with van der Waals surface area (Å²) < 4.78 is 63.3. The molecular formula is C15H26F2O7S. The van der Waals surface area contributed by atoms with Crippen molar-refractivity contribution in [1.82, 2.24) is 0 Å². The van der Waals surface area contributed by atoms with Gasteiger partial charge < -0.3 is 9.47 Å². The van der Waals surface area contributed by atoms with Crippen molar-refractivity contribution in [3.05, 3.63) is 0 Å². The van der Waals surface area contributed by atoms with Crippen LogP contribution in [0.25, 0.3) is 0 Å². The number of hydrogen-bond donors (Lipinski definition) is 1. The number of unbranched alkanes of at least 4 members (excludes halogenated alkanes) is 5. The Morgan fingerprint density at radius 2 is 1.36 bits per heavy atom. The van der Waals surface area contributed by atoms with Crippen LogP contribution in [-0.2, 0) is 29.2 Å². The van der Waals surface area contributed by atoms with E-state index in [9.17, 15) is 26.8 Å². The zero-order chi connectivity index (χ0) is 19.3. The third-order valence-corrected chi connectivity index (χ3v) is 3.79. The second-order valence-electron chi connectivity index (χ2n) is 5.86. The van der Waals surface area contributed by atoms with Crippen LogP contribution in [0.1, 0.15) is 58.3 Å². The average Bonchev–Trinajstić information content (AvgIpc) is 2.45. The SMILES string of the molecule is CC(F)(F)COC(=O)CCCCCCCCC(=O)OCCS(=O)(=O)O. The Morgan fingerprint density at radius 1 is 0.920 bits per heavy atom. The fourth-order valence-corrected chi connectivity index (χ4v) is 2.15. The predicted molar refractivity (Wildman–Crippen MR) is 85.9 cm³/mol. The quantitative estimate of drug-likeness (QED) is 0.277. The smallest absolute Gasteiger partial charge is 0.305 e. The van der Waals surface area contributed by atoms with Crippen LogP contribution in [-0.4, -0.2) is 49.8 Å². The summed E-state index contributed by atoms with van der Waals surface area (Å²) in [6, 6.07) is 0. The maximum Gasteiger partial charge on any atom is 0.305 e. The van der Waals surface area contributed by atoms with Crippen molar-refractivity contribution in [3.63, 3.8) is 0 Å². The van der Waals surface area contributed by atoms with Crippen LogP contribution in [0.3, 0.4) is 0 Å². The molecule has 25 heavy (non-hydrogen) atoms. The van der Waals surface area contributed by atoms with Gasteiger partial charge in [0, 0.05) is 19.8 Å². The molecule has 0 bridgehead atoms. The molecule has 1 N–H and O–H groups in total. The van der Waals surface area contributed by atoms with Crippen LogP contribution in [0.5, 0.6) is 0 Å². The molecule has 7 nitrogen and oxygen atoms in total. The van der Waals surface area contributed by atoms with E-state index < -0.39 is 40.3 Å². The molecule has 0 aliphatic rings. The van der Waals surface area contributed by atoms with Gasteiger partial charge in [-0.05, 0) is 12.8 Å². The van der Waals surface area contributed by atoms with Gasteiger partial charge in [-0.15, -0.1) is 0 Å². The van der Waals surface area contributed by atoms with E-state index in [0.29, 0.717) is 19.8 Å². The maximum absolute atomic E-state index is 12.5. The lowest BCUT2D eigenvalue weighted by Gasteiger charge is -2.10. The fourth-order valence-electron chi connectivity index (χ4n) is 1.86. The summed E-state index contributed by atoms with van der Waals surface area (Å²) in [5, 5.41) is 0. The zero-order valence-corrected chi connectivity index (χ0v) is 15.2. The molecule has 0 spiro atoms. The molecule has 0 fully saturated rings. The van der Waals surface area contributed by atoms with Crippen molar-refractivity contribution in [2.24, 2.45) is 0 Å². The van der Waals surface area contributed by atoms with Gasteiger partial charge >= 0.3 is 11.9 Å². The summed E-state index contributed by atoms with van der Waals surface area (Å²) in [5.41, 5.74) is 0. The lowest BCUT2D eigenvalue weighted by molar-refractivity contribution is -0.153. The first kappa shape index (κ1) is 23.7. The van der Waals surface area contributed by atoms with Crippen molar-refractivity contribution in [3.8, 4) is 0 Å². The Bertz CT molecular complexity index is 500. The molecule has 0 rings (SSSR count). The van der Waals surface area contributed by atoms with E-state index in [1.807, 2.05) is 0 Å². The Labute approximate surface area is 146 Å². The van der Waals surface area contributed by atoms with Crippen LogP contribution >= 0.6 is 0 Å². The van der Waals surface area contributed by atoms with Crippen molar-refractivity contribution in [2.45, 2.75) is 64.2 Å². The van der Waals surface area contributed by atoms with E-state index in [1.165, 1.54) is 0 Å². The maximum atomic E-state index is 12.5. The molecule has 10 heteroatoms. The molecule has 0 aromatic rings. The van der Waals surface area contributed by atoms with Crippen LogP contribution in [0.4, 0.5) is 8.78 Å². The second kappa shape index (κ2) is 12.1. The fraction of sp³-hybridized carbons (Fsp3) is 0.867. The number of esters is 2. The minimum atomic E-state index is -4.12. The summed E-state index contributed by atoms with van der Waals surface area (Å²) in [5.74, 6) is -4.77. The van der Waals surface area contributed by atoms with Crippen molar-refractivity contribution in [2.75, 3.05) is 19.0 Å². The monoisotopic (exact) mass is 388 g/mol. The summed E-state index contributed by atoms with van der Waals surface area (Å²) >= 11 is 0. The van der Waals surface area contributed by atoms with Gasteiger partial charge in [0.2, 0.25) is 0 Å². The van der Waals surface area contributed by atoms with Gasteiger partial charge in [-0.2, -0.15) is 8.42 Å². The van der Waals surface area contributed by atoms with Gasteiger partial charge in [-0.25, -0.2) is 8.78 Å². The Morgan fingerprint density at radius 3 is 1.80 bits per heavy atom. The van der Waals surface area contributed by atoms with Gasteiger partial charge in [0.05, 0.1) is 0 Å². The summed E-state index contributed by atoms with van der Waals surface area (Å²) in [7, 11) is -4.12. The van der Waals surface area contributed by atoms with Gasteiger partial charge in [0.1, 0.15) is 12.4 Å². The van der Waals surface area contributed by atoms with Gasteiger partial charge in [0.25, 0.3) is 16.0 Å². The minimum Gasteiger partial charge on any atom is -0.464 e. The summed E-state index contributed by atoms with van der Waals surface area (Å²) in [4.78, 5) is 22.5. The average molecular weight is 388 g/mol. The number of alkyl halides is 2. The van der Waals surface area contributed by atoms with E-state index >= 15 is 0 Å². The Hall–Kier alpha value is -1.29. The highest BCUT2D eigenvalue weighted by molar-refractivity contribution is 7.85. The van der Waals surface area contributed by atoms with E-state index in [0.717, 1.165) is 25.7 Å². The van der Waals surface area contributed by atoms with Crippen LogP contribution in [0, 0.1) is 0 Å². The van der Waals surface area contributed by atoms with E-state index in [2.05, 4.69) is 9.47 Å². The lowest BCUT2D eigenvalue weighted by atomic mass is 10.1. The normalized spacial score (nSPS) is 12.0. The summed E-state index contributed by atoms with van der Waals surface area (Å²) in [6.07, 6.45) is 4.66. The standard InChI is InChI=1S/C15H26F2O7S/c1-15(16,17)12-24-14(19)9-7-5-3-2-4-6-8-13(18)23-10-11-25(20,21)22/h2-12H2,1H3,(H,20,21,22). The molecule has 0 saturated heterocycles. The zero-order valence-electron chi connectivity index (χ0n) is 14.3. The first-order chi connectivity index (χ1) is 11.5. The van der Waals surface area contributed by atoms with Crippen LogP contribution in [0.2, 0.25) is 0 Å². The number of rotatable bonds is 14. The van der Waals surface area contributed by atoms with Crippen LogP contribution < -0.4 is 0 Å². The second-order valence-corrected chi connectivity index (χ2v) is 7.43. The molecule has 0 aromatic heterocycles. The Kier molecular flexibility index (Phi) is 11.5. The molecule has 0 atom stereocenters. The highest BCUT2D eigenvalue weighted by Crippen LogP contribution is 2.13. The van der Waals surface area contributed by atoms with Gasteiger partial charge in [0.15, 0.2) is 6.61 Å². The number of carbonyl (C=O) groups excluding carboxylic acids is 2. The van der Waals surface area contributed by atoms with Crippen LogP contribution in [0.15, 0.2) is 0 Å². The first-order valence-corrected chi connectivity index (χ1v) is 9.75. The van der Waals surface area contributed by atoms with Gasteiger partial charge in [-0.1, -0.05) is 25.7 Å². The summed E-state index contributed by atoms with van der Waals surface area (Å²) in [6.45, 7) is -0.575. The number of halogens is 2. The number of carbonyl (C=O) groups is 2. The molecule has 0 amide bonds. The van der Waals surface area contributed by atoms with E-state index in [-0.39, 0.29) is 19.4 Å². The molecule has 0 aliphatic heterocycles. The molecule has 0 unspecified atom stereocenters. The topological polar surface area (TPSA) is 107 Å². The Balaban J connectivity index is 3.44. The highest BCUT2D eigenvalue weighted by Gasteiger charge is 2.23. The molecule has 0 saturated carbocycles. The number of hydrogen-bond acceptors (Lipinski definition) is 6. The van der Waals surface area contributed by atoms with Crippen molar-refractivity contribution < 1.29 is 40.8 Å². The number of ether oxygens (including phenoxy) is 2. The third-order valence-electron chi connectivity index (χ3n) is 3.10. The van der Waals surface area contributed by atoms with E-state index in [1.54, 1.807) is 0 Å². The molecule has 0 aromatic carbocycles. The first-order valence-electron chi connectivity index (χ1n) is 8.14. The lowest BCUT2D eigenvalue weighted by Crippen LogP contribution is -2.21. The predicted octanol–water partition coefficient (Wildman–Crippen LogP) is 2.74. The molecular weight excluding hydrogens is 362 g/mol. The molecule has 148 valence electrons. The van der Waals surface area contributed by atoms with Crippen molar-refractivity contribution >= 4 is 22.1 Å². The molecule has 0 radical (unpaired) electrons. The molecule has 0 aliphatic carbocycles. The van der Waals surface area contributed by atoms with E-state index in [4.69, 9.17) is 4.55 Å². The van der Waals surface area contributed by atoms with Gasteiger partial charge in [-0.3, -0.25) is 14.1 Å². The third kappa shape index (κ3) is 18.9. The largest absolute Gasteiger partial charge is 0.464 e.